The Labute approximate surface area is 138 Å². The SMILES string of the molecule is Cc1ccccc1C(=O)NC(n1ccnc1)C(Cl)(Cl)CCl. The molecule has 1 aromatic carbocycles. The number of amides is 1. The fourth-order valence-electron chi connectivity index (χ4n) is 1.92. The van der Waals surface area contributed by atoms with Crippen LogP contribution >= 0.6 is 34.8 Å². The van der Waals surface area contributed by atoms with Gasteiger partial charge in [0.25, 0.3) is 5.91 Å². The predicted molar refractivity (Wildman–Crippen MR) is 85.1 cm³/mol. The van der Waals surface area contributed by atoms with Crippen LogP contribution in [0.2, 0.25) is 0 Å². The Hall–Kier alpha value is -1.23. The maximum Gasteiger partial charge on any atom is 0.253 e. The van der Waals surface area contributed by atoms with Gasteiger partial charge in [0.15, 0.2) is 4.33 Å². The maximum atomic E-state index is 12.4. The van der Waals surface area contributed by atoms with Gasteiger partial charge in [-0.2, -0.15) is 0 Å². The van der Waals surface area contributed by atoms with Crippen LogP contribution in [0.1, 0.15) is 22.1 Å². The van der Waals surface area contributed by atoms with Crippen LogP contribution in [0.5, 0.6) is 0 Å². The molecule has 1 aromatic heterocycles. The van der Waals surface area contributed by atoms with E-state index in [-0.39, 0.29) is 11.8 Å². The molecule has 21 heavy (non-hydrogen) atoms. The smallest absolute Gasteiger partial charge is 0.253 e. The lowest BCUT2D eigenvalue weighted by atomic mass is 10.1. The second-order valence-corrected chi connectivity index (χ2v) is 6.41. The van der Waals surface area contributed by atoms with Gasteiger partial charge in [-0.05, 0) is 18.6 Å². The van der Waals surface area contributed by atoms with Crippen LogP contribution in [0, 0.1) is 6.92 Å². The first kappa shape index (κ1) is 16.1. The molecule has 0 radical (unpaired) electrons. The highest BCUT2D eigenvalue weighted by Gasteiger charge is 2.37. The zero-order chi connectivity index (χ0) is 15.5. The highest BCUT2D eigenvalue weighted by Crippen LogP contribution is 2.34. The van der Waals surface area contributed by atoms with Crippen LogP contribution in [0.3, 0.4) is 0 Å². The van der Waals surface area contributed by atoms with Crippen molar-refractivity contribution in [1.29, 1.82) is 0 Å². The number of aryl methyl sites for hydroxylation is 1. The minimum Gasteiger partial charge on any atom is -0.329 e. The minimum absolute atomic E-state index is 0.0486. The largest absolute Gasteiger partial charge is 0.329 e. The summed E-state index contributed by atoms with van der Waals surface area (Å²) in [5.74, 6) is -0.324. The van der Waals surface area contributed by atoms with Gasteiger partial charge in [0.2, 0.25) is 0 Å². The van der Waals surface area contributed by atoms with E-state index in [1.807, 2.05) is 19.1 Å². The number of imidazole rings is 1. The summed E-state index contributed by atoms with van der Waals surface area (Å²) in [5.41, 5.74) is 1.42. The van der Waals surface area contributed by atoms with E-state index in [0.29, 0.717) is 5.56 Å². The fraction of sp³-hybridized carbons (Fsp3) is 0.286. The molecule has 0 saturated carbocycles. The Bertz CT molecular complexity index is 614. The molecular formula is C14H14Cl3N3O. The van der Waals surface area contributed by atoms with Crippen LogP contribution in [0.15, 0.2) is 43.0 Å². The molecule has 4 nitrogen and oxygen atoms in total. The maximum absolute atomic E-state index is 12.4. The predicted octanol–water partition coefficient (Wildman–Crippen LogP) is 3.53. The molecule has 0 fully saturated rings. The van der Waals surface area contributed by atoms with Crippen molar-refractivity contribution in [1.82, 2.24) is 14.9 Å². The summed E-state index contributed by atoms with van der Waals surface area (Å²) in [5, 5.41) is 2.80. The van der Waals surface area contributed by atoms with E-state index in [0.717, 1.165) is 5.56 Å². The highest BCUT2D eigenvalue weighted by atomic mass is 35.5. The first-order valence-electron chi connectivity index (χ1n) is 6.23. The number of halogens is 3. The molecule has 1 N–H and O–H groups in total. The summed E-state index contributed by atoms with van der Waals surface area (Å²) in [4.78, 5) is 16.4. The molecule has 0 aliphatic heterocycles. The number of nitrogens with one attached hydrogen (secondary N) is 1. The average molecular weight is 347 g/mol. The van der Waals surface area contributed by atoms with E-state index in [1.54, 1.807) is 29.1 Å². The quantitative estimate of drug-likeness (QED) is 0.842. The van der Waals surface area contributed by atoms with E-state index in [9.17, 15) is 4.79 Å². The van der Waals surface area contributed by atoms with E-state index < -0.39 is 10.5 Å². The Morgan fingerprint density at radius 2 is 2.14 bits per heavy atom. The highest BCUT2D eigenvalue weighted by molar-refractivity contribution is 6.51. The number of nitrogens with zero attached hydrogens (tertiary/aromatic N) is 2. The molecular weight excluding hydrogens is 333 g/mol. The number of carbonyl (C=O) groups is 1. The lowest BCUT2D eigenvalue weighted by molar-refractivity contribution is 0.0915. The summed E-state index contributed by atoms with van der Waals surface area (Å²) < 4.78 is 0.249. The summed E-state index contributed by atoms with van der Waals surface area (Å²) in [6.07, 6.45) is 4.03. The number of hydrogen-bond donors (Lipinski definition) is 1. The Balaban J connectivity index is 2.28. The third-order valence-corrected chi connectivity index (χ3v) is 4.43. The van der Waals surface area contributed by atoms with Crippen molar-refractivity contribution in [2.45, 2.75) is 17.4 Å². The monoisotopic (exact) mass is 345 g/mol. The average Bonchev–Trinajstić information content (AvgIpc) is 2.98. The molecule has 2 rings (SSSR count). The lowest BCUT2D eigenvalue weighted by Crippen LogP contribution is -2.43. The first-order chi connectivity index (χ1) is 9.95. The Kier molecular flexibility index (Phi) is 5.14. The van der Waals surface area contributed by atoms with Crippen molar-refractivity contribution in [2.24, 2.45) is 0 Å². The van der Waals surface area contributed by atoms with Crippen molar-refractivity contribution in [2.75, 3.05) is 5.88 Å². The third kappa shape index (κ3) is 3.70. The van der Waals surface area contributed by atoms with Crippen LogP contribution in [0.25, 0.3) is 0 Å². The van der Waals surface area contributed by atoms with Gasteiger partial charge in [-0.25, -0.2) is 4.98 Å². The molecule has 0 aliphatic rings. The van der Waals surface area contributed by atoms with Crippen molar-refractivity contribution < 1.29 is 4.79 Å². The first-order valence-corrected chi connectivity index (χ1v) is 7.52. The molecule has 7 heteroatoms. The number of carbonyl (C=O) groups excluding carboxylic acids is 1. The molecule has 0 saturated heterocycles. The van der Waals surface area contributed by atoms with Crippen molar-refractivity contribution >= 4 is 40.7 Å². The molecule has 0 spiro atoms. The second kappa shape index (κ2) is 6.69. The molecule has 0 aliphatic carbocycles. The Morgan fingerprint density at radius 1 is 1.43 bits per heavy atom. The number of rotatable bonds is 5. The molecule has 0 bridgehead atoms. The van der Waals surface area contributed by atoms with E-state index >= 15 is 0 Å². The van der Waals surface area contributed by atoms with Crippen LogP contribution in [-0.2, 0) is 0 Å². The number of alkyl halides is 3. The fourth-order valence-corrected chi connectivity index (χ4v) is 2.40. The molecule has 1 amide bonds. The van der Waals surface area contributed by atoms with Crippen LogP contribution in [0.4, 0.5) is 0 Å². The topological polar surface area (TPSA) is 46.9 Å². The summed E-state index contributed by atoms with van der Waals surface area (Å²) in [6, 6.07) is 7.26. The van der Waals surface area contributed by atoms with Crippen molar-refractivity contribution in [3.05, 3.63) is 54.1 Å². The number of hydrogen-bond acceptors (Lipinski definition) is 2. The number of benzene rings is 1. The van der Waals surface area contributed by atoms with Crippen LogP contribution < -0.4 is 5.32 Å². The summed E-state index contributed by atoms with van der Waals surface area (Å²) in [6.45, 7) is 1.86. The van der Waals surface area contributed by atoms with Gasteiger partial charge in [-0.15, -0.1) is 11.6 Å². The van der Waals surface area contributed by atoms with Gasteiger partial charge in [0.05, 0.1) is 12.2 Å². The van der Waals surface area contributed by atoms with Gasteiger partial charge in [-0.1, -0.05) is 41.4 Å². The van der Waals surface area contributed by atoms with Gasteiger partial charge < -0.3 is 9.88 Å². The summed E-state index contributed by atoms with van der Waals surface area (Å²) in [7, 11) is 0. The second-order valence-electron chi connectivity index (χ2n) is 4.60. The Morgan fingerprint density at radius 3 is 2.71 bits per heavy atom. The van der Waals surface area contributed by atoms with Gasteiger partial charge >= 0.3 is 0 Å². The molecule has 1 unspecified atom stereocenters. The third-order valence-electron chi connectivity index (χ3n) is 3.06. The van der Waals surface area contributed by atoms with E-state index in [2.05, 4.69) is 10.3 Å². The summed E-state index contributed by atoms with van der Waals surface area (Å²) >= 11 is 18.3. The van der Waals surface area contributed by atoms with Gasteiger partial charge in [-0.3, -0.25) is 4.79 Å². The minimum atomic E-state index is -1.36. The molecule has 112 valence electrons. The van der Waals surface area contributed by atoms with Crippen molar-refractivity contribution in [3.8, 4) is 0 Å². The standard InChI is InChI=1S/C14H14Cl3N3O/c1-10-4-2-3-5-11(10)12(21)19-13(14(16,17)8-15)20-7-6-18-9-20/h2-7,9,13H,8H2,1H3,(H,19,21). The molecule has 1 heterocycles. The van der Waals surface area contributed by atoms with Gasteiger partial charge in [0, 0.05) is 18.0 Å². The lowest BCUT2D eigenvalue weighted by Gasteiger charge is -2.30. The number of aromatic nitrogens is 2. The molecule has 1 atom stereocenters. The van der Waals surface area contributed by atoms with Crippen molar-refractivity contribution in [3.63, 3.8) is 0 Å². The van der Waals surface area contributed by atoms with Crippen LogP contribution in [-0.4, -0.2) is 25.7 Å². The zero-order valence-electron chi connectivity index (χ0n) is 11.3. The normalized spacial score (nSPS) is 13.0. The van der Waals surface area contributed by atoms with E-state index in [4.69, 9.17) is 34.8 Å². The molecule has 2 aromatic rings. The van der Waals surface area contributed by atoms with Gasteiger partial charge in [0.1, 0.15) is 6.17 Å². The van der Waals surface area contributed by atoms with E-state index in [1.165, 1.54) is 6.33 Å². The zero-order valence-corrected chi connectivity index (χ0v) is 13.5.